The molecule has 1 N–H and O–H groups in total. The molecule has 3 rings (SSSR count). The predicted octanol–water partition coefficient (Wildman–Crippen LogP) is 3.21. The molecule has 30 heavy (non-hydrogen) atoms. The maximum Gasteiger partial charge on any atom is 0.251 e. The van der Waals surface area contributed by atoms with Gasteiger partial charge in [0.05, 0.1) is 4.90 Å². The molecule has 2 saturated heterocycles. The molecule has 168 valence electrons. The van der Waals surface area contributed by atoms with Crippen LogP contribution in [0.3, 0.4) is 0 Å². The summed E-state index contributed by atoms with van der Waals surface area (Å²) in [6.07, 6.45) is 4.46. The zero-order valence-electron chi connectivity index (χ0n) is 18.6. The van der Waals surface area contributed by atoms with Gasteiger partial charge in [-0.05, 0) is 81.3 Å². The zero-order chi connectivity index (χ0) is 21.7. The quantitative estimate of drug-likeness (QED) is 0.668. The highest BCUT2D eigenvalue weighted by Crippen LogP contribution is 2.27. The summed E-state index contributed by atoms with van der Waals surface area (Å²) in [7, 11) is -3.58. The number of hydrogen-bond acceptors (Lipinski definition) is 4. The second kappa shape index (κ2) is 10.2. The van der Waals surface area contributed by atoms with Gasteiger partial charge in [0.25, 0.3) is 5.91 Å². The van der Waals surface area contributed by atoms with E-state index in [0.717, 1.165) is 38.4 Å². The maximum atomic E-state index is 13.1. The predicted molar refractivity (Wildman–Crippen MR) is 120 cm³/mol. The topological polar surface area (TPSA) is 69.7 Å². The number of carbonyl (C=O) groups excluding carboxylic acids is 1. The molecule has 2 atom stereocenters. The van der Waals surface area contributed by atoms with Crippen molar-refractivity contribution in [2.75, 3.05) is 39.3 Å². The first-order chi connectivity index (χ1) is 14.3. The Morgan fingerprint density at radius 3 is 2.40 bits per heavy atom. The van der Waals surface area contributed by atoms with Crippen molar-refractivity contribution < 1.29 is 13.2 Å². The van der Waals surface area contributed by atoms with Crippen LogP contribution in [0.4, 0.5) is 0 Å². The Morgan fingerprint density at radius 1 is 1.07 bits per heavy atom. The van der Waals surface area contributed by atoms with Crippen molar-refractivity contribution in [2.24, 2.45) is 17.8 Å². The molecule has 0 spiro atoms. The van der Waals surface area contributed by atoms with Crippen LogP contribution in [0.5, 0.6) is 0 Å². The molecule has 0 radical (unpaired) electrons. The van der Waals surface area contributed by atoms with Crippen LogP contribution in [0.1, 0.15) is 56.8 Å². The van der Waals surface area contributed by atoms with Crippen LogP contribution < -0.4 is 5.32 Å². The van der Waals surface area contributed by atoms with Crippen molar-refractivity contribution in [1.29, 1.82) is 0 Å². The van der Waals surface area contributed by atoms with Gasteiger partial charge in [0, 0.05) is 25.2 Å². The first-order valence-corrected chi connectivity index (χ1v) is 12.8. The van der Waals surface area contributed by atoms with Crippen molar-refractivity contribution in [3.8, 4) is 0 Å². The highest BCUT2D eigenvalue weighted by atomic mass is 32.2. The molecule has 2 aliphatic heterocycles. The van der Waals surface area contributed by atoms with Crippen molar-refractivity contribution in [3.05, 3.63) is 29.8 Å². The number of sulfonamides is 1. The van der Waals surface area contributed by atoms with Crippen molar-refractivity contribution in [2.45, 2.75) is 51.3 Å². The molecule has 1 amide bonds. The molecule has 0 bridgehead atoms. The van der Waals surface area contributed by atoms with Gasteiger partial charge in [-0.2, -0.15) is 4.31 Å². The summed E-state index contributed by atoms with van der Waals surface area (Å²) in [6.45, 7) is 11.4. The van der Waals surface area contributed by atoms with Crippen molar-refractivity contribution in [1.82, 2.24) is 14.5 Å². The van der Waals surface area contributed by atoms with E-state index in [4.69, 9.17) is 0 Å². The first-order valence-electron chi connectivity index (χ1n) is 11.4. The smallest absolute Gasteiger partial charge is 0.251 e. The zero-order valence-corrected chi connectivity index (χ0v) is 19.5. The molecular weight excluding hydrogens is 398 g/mol. The fourth-order valence-corrected chi connectivity index (χ4v) is 6.37. The molecule has 0 aliphatic carbocycles. The molecule has 7 heteroatoms. The Bertz CT molecular complexity index is 809. The molecule has 0 aromatic heterocycles. The second-order valence-corrected chi connectivity index (χ2v) is 11.4. The van der Waals surface area contributed by atoms with Gasteiger partial charge < -0.3 is 10.2 Å². The number of nitrogens with zero attached hydrogens (tertiary/aromatic N) is 2. The number of piperidine rings is 2. The Balaban J connectivity index is 1.54. The van der Waals surface area contributed by atoms with Crippen LogP contribution in [0.25, 0.3) is 0 Å². The van der Waals surface area contributed by atoms with Gasteiger partial charge in [-0.1, -0.05) is 26.8 Å². The summed E-state index contributed by atoms with van der Waals surface area (Å²) in [5.41, 5.74) is 0.404. The van der Waals surface area contributed by atoms with Crippen LogP contribution in [-0.2, 0) is 10.0 Å². The lowest BCUT2D eigenvalue weighted by atomic mass is 9.94. The van der Waals surface area contributed by atoms with E-state index in [1.54, 1.807) is 22.5 Å². The van der Waals surface area contributed by atoms with E-state index in [0.29, 0.717) is 37.0 Å². The number of rotatable bonds is 7. The van der Waals surface area contributed by atoms with E-state index in [1.165, 1.54) is 18.9 Å². The van der Waals surface area contributed by atoms with Crippen LogP contribution in [0, 0.1) is 17.8 Å². The van der Waals surface area contributed by atoms with Crippen LogP contribution in [0.15, 0.2) is 29.2 Å². The van der Waals surface area contributed by atoms with E-state index in [-0.39, 0.29) is 10.8 Å². The minimum Gasteiger partial charge on any atom is -0.352 e. The summed E-state index contributed by atoms with van der Waals surface area (Å²) < 4.78 is 27.8. The van der Waals surface area contributed by atoms with Gasteiger partial charge in [-0.3, -0.25) is 4.79 Å². The summed E-state index contributed by atoms with van der Waals surface area (Å²) >= 11 is 0. The molecule has 0 saturated carbocycles. The molecular formula is C23H37N3O3S. The summed E-state index contributed by atoms with van der Waals surface area (Å²) in [6, 6.07) is 6.45. The number of hydrogen-bond donors (Lipinski definition) is 1. The lowest BCUT2D eigenvalue weighted by Gasteiger charge is -2.34. The van der Waals surface area contributed by atoms with E-state index in [2.05, 4.69) is 31.0 Å². The lowest BCUT2D eigenvalue weighted by molar-refractivity contribution is 0.0950. The number of benzene rings is 1. The Morgan fingerprint density at radius 2 is 1.73 bits per heavy atom. The van der Waals surface area contributed by atoms with Crippen LogP contribution >= 0.6 is 0 Å². The summed E-state index contributed by atoms with van der Waals surface area (Å²) in [5.74, 6) is 1.30. The molecule has 6 nitrogen and oxygen atoms in total. The second-order valence-electron chi connectivity index (χ2n) is 9.43. The van der Waals surface area contributed by atoms with Gasteiger partial charge in [0.2, 0.25) is 10.0 Å². The molecule has 2 heterocycles. The van der Waals surface area contributed by atoms with Gasteiger partial charge in [0.1, 0.15) is 0 Å². The molecule has 2 aliphatic rings. The third-order valence-corrected chi connectivity index (χ3v) is 8.21. The van der Waals surface area contributed by atoms with Crippen LogP contribution in [-0.4, -0.2) is 62.8 Å². The fourth-order valence-electron chi connectivity index (χ4n) is 4.64. The molecule has 1 aromatic rings. The molecule has 2 unspecified atom stereocenters. The number of nitrogens with one attached hydrogen (secondary N) is 1. The Kier molecular flexibility index (Phi) is 7.93. The molecule has 1 aromatic carbocycles. The Hall–Kier alpha value is -1.44. The van der Waals surface area contributed by atoms with Crippen molar-refractivity contribution in [3.63, 3.8) is 0 Å². The SMILES string of the molecule is CC1CCN(CCCNC(=O)c2cccc(S(=O)(=O)N3CC(C)CC(C)C3)c2)CC1. The average molecular weight is 436 g/mol. The normalized spacial score (nSPS) is 24.6. The van der Waals surface area contributed by atoms with Crippen LogP contribution in [0.2, 0.25) is 0 Å². The van der Waals surface area contributed by atoms with E-state index in [1.807, 2.05) is 0 Å². The number of likely N-dealkylation sites (tertiary alicyclic amines) is 1. The number of carbonyl (C=O) groups is 1. The van der Waals surface area contributed by atoms with E-state index >= 15 is 0 Å². The average Bonchev–Trinajstić information content (AvgIpc) is 2.71. The standard InChI is InChI=1S/C23H37N3O3S/c1-18-8-12-25(13-9-18)11-5-10-24-23(27)21-6-4-7-22(15-21)30(28,29)26-16-19(2)14-20(3)17-26/h4,6-7,15,18-20H,5,8-14,16-17H2,1-3H3,(H,24,27). The highest BCUT2D eigenvalue weighted by Gasteiger charge is 2.32. The van der Waals surface area contributed by atoms with Gasteiger partial charge in [-0.15, -0.1) is 0 Å². The third kappa shape index (κ3) is 6.05. The first kappa shape index (κ1) is 23.2. The molecule has 2 fully saturated rings. The maximum absolute atomic E-state index is 13.1. The van der Waals surface area contributed by atoms with Gasteiger partial charge in [-0.25, -0.2) is 8.42 Å². The van der Waals surface area contributed by atoms with Gasteiger partial charge >= 0.3 is 0 Å². The Labute approximate surface area is 182 Å². The van der Waals surface area contributed by atoms with E-state index in [9.17, 15) is 13.2 Å². The summed E-state index contributed by atoms with van der Waals surface area (Å²) in [4.78, 5) is 15.2. The lowest BCUT2D eigenvalue weighted by Crippen LogP contribution is -2.42. The van der Waals surface area contributed by atoms with Gasteiger partial charge in [0.15, 0.2) is 0 Å². The fraction of sp³-hybridized carbons (Fsp3) is 0.696. The van der Waals surface area contributed by atoms with Crippen molar-refractivity contribution >= 4 is 15.9 Å². The minimum atomic E-state index is -3.58. The third-order valence-electron chi connectivity index (χ3n) is 6.38. The minimum absolute atomic E-state index is 0.207. The largest absolute Gasteiger partial charge is 0.352 e. The monoisotopic (exact) mass is 435 g/mol. The summed E-state index contributed by atoms with van der Waals surface area (Å²) in [5, 5.41) is 2.95. The number of amides is 1. The van der Waals surface area contributed by atoms with E-state index < -0.39 is 10.0 Å². The highest BCUT2D eigenvalue weighted by molar-refractivity contribution is 7.89.